The molecule has 3 aromatic rings. The van der Waals surface area contributed by atoms with Crippen LogP contribution >= 0.6 is 0 Å². The highest BCUT2D eigenvalue weighted by atomic mass is 16.5. The van der Waals surface area contributed by atoms with Crippen molar-refractivity contribution < 1.29 is 4.74 Å². The molecule has 1 unspecified atom stereocenters. The van der Waals surface area contributed by atoms with Gasteiger partial charge in [-0.2, -0.15) is 0 Å². The highest BCUT2D eigenvalue weighted by Gasteiger charge is 2.14. The van der Waals surface area contributed by atoms with E-state index in [1.807, 2.05) is 18.3 Å². The molecule has 0 saturated heterocycles. The maximum atomic E-state index is 5.24. The Morgan fingerprint density at radius 1 is 1.09 bits per heavy atom. The van der Waals surface area contributed by atoms with E-state index in [1.54, 1.807) is 7.11 Å². The second kappa shape index (κ2) is 6.75. The molecule has 0 aliphatic rings. The maximum Gasteiger partial charge on any atom is 0.118 e. The quantitative estimate of drug-likeness (QED) is 0.725. The minimum Gasteiger partial charge on any atom is -0.497 e. The van der Waals surface area contributed by atoms with E-state index in [2.05, 4.69) is 65.7 Å². The smallest absolute Gasteiger partial charge is 0.118 e. The summed E-state index contributed by atoms with van der Waals surface area (Å²) in [7, 11) is 5.90. The van der Waals surface area contributed by atoms with E-state index in [1.165, 1.54) is 10.9 Å². The van der Waals surface area contributed by atoms with Gasteiger partial charge < -0.3 is 19.9 Å². The first-order valence-corrected chi connectivity index (χ1v) is 7.79. The molecule has 0 amide bonds. The van der Waals surface area contributed by atoms with Gasteiger partial charge in [-0.05, 0) is 56.1 Å². The number of hydrogen-bond donors (Lipinski definition) is 2. The molecule has 0 aliphatic carbocycles. The number of likely N-dealkylation sites (N-methyl/N-ethyl adjacent to an activating group) is 1. The molecule has 0 aliphatic heterocycles. The number of anilines is 1. The average Bonchev–Trinajstić information content (AvgIpc) is 3.03. The molecule has 4 nitrogen and oxygen atoms in total. The molecule has 23 heavy (non-hydrogen) atoms. The van der Waals surface area contributed by atoms with E-state index < -0.39 is 0 Å². The van der Waals surface area contributed by atoms with Gasteiger partial charge in [-0.25, -0.2) is 0 Å². The number of nitrogens with zero attached hydrogens (tertiary/aromatic N) is 1. The second-order valence-corrected chi connectivity index (χ2v) is 5.91. The highest BCUT2D eigenvalue weighted by Crippen LogP contribution is 2.23. The van der Waals surface area contributed by atoms with E-state index in [9.17, 15) is 0 Å². The van der Waals surface area contributed by atoms with Crippen LogP contribution in [0, 0.1) is 0 Å². The lowest BCUT2D eigenvalue weighted by molar-refractivity contribution is 0.311. The molecule has 0 spiro atoms. The van der Waals surface area contributed by atoms with Crippen molar-refractivity contribution in [2.45, 2.75) is 6.04 Å². The van der Waals surface area contributed by atoms with Crippen molar-refractivity contribution in [1.82, 2.24) is 9.88 Å². The summed E-state index contributed by atoms with van der Waals surface area (Å²) in [6.45, 7) is 0.843. The van der Waals surface area contributed by atoms with Crippen LogP contribution in [0.3, 0.4) is 0 Å². The number of H-pyrrole nitrogens is 1. The van der Waals surface area contributed by atoms with Crippen molar-refractivity contribution in [3.63, 3.8) is 0 Å². The number of aromatic amines is 1. The summed E-state index contributed by atoms with van der Waals surface area (Å²) in [4.78, 5) is 5.44. The van der Waals surface area contributed by atoms with Gasteiger partial charge in [0.2, 0.25) is 0 Å². The van der Waals surface area contributed by atoms with Crippen LogP contribution in [-0.2, 0) is 0 Å². The third kappa shape index (κ3) is 3.48. The predicted molar refractivity (Wildman–Crippen MR) is 96.2 cm³/mol. The third-order valence-electron chi connectivity index (χ3n) is 4.18. The van der Waals surface area contributed by atoms with Gasteiger partial charge in [0, 0.05) is 29.3 Å². The standard InChI is InChI=1S/C19H23N3O/c1-22(2)19(14-4-7-17(23-3)8-5-14)13-21-16-6-9-18-15(12-16)10-11-20-18/h4-12,19-21H,13H2,1-3H3. The molecule has 120 valence electrons. The first-order chi connectivity index (χ1) is 11.2. The number of nitrogens with one attached hydrogen (secondary N) is 2. The summed E-state index contributed by atoms with van der Waals surface area (Å²) in [5.74, 6) is 0.886. The van der Waals surface area contributed by atoms with Crippen molar-refractivity contribution in [1.29, 1.82) is 0 Å². The van der Waals surface area contributed by atoms with E-state index >= 15 is 0 Å². The molecule has 1 heterocycles. The zero-order chi connectivity index (χ0) is 16.2. The third-order valence-corrected chi connectivity index (χ3v) is 4.18. The molecule has 0 bridgehead atoms. The number of ether oxygens (including phenoxy) is 1. The summed E-state index contributed by atoms with van der Waals surface area (Å²) < 4.78 is 5.24. The van der Waals surface area contributed by atoms with Crippen molar-refractivity contribution in [3.05, 3.63) is 60.3 Å². The van der Waals surface area contributed by atoms with Crippen molar-refractivity contribution >= 4 is 16.6 Å². The Morgan fingerprint density at radius 3 is 2.57 bits per heavy atom. The minimum atomic E-state index is 0.294. The number of rotatable bonds is 6. The number of hydrogen-bond acceptors (Lipinski definition) is 3. The van der Waals surface area contributed by atoms with Gasteiger partial charge in [0.05, 0.1) is 13.2 Å². The second-order valence-electron chi connectivity index (χ2n) is 5.91. The van der Waals surface area contributed by atoms with E-state index in [-0.39, 0.29) is 0 Å². The molecule has 2 aromatic carbocycles. The van der Waals surface area contributed by atoms with Gasteiger partial charge >= 0.3 is 0 Å². The summed E-state index contributed by atoms with van der Waals surface area (Å²) in [6, 6.07) is 17.0. The Labute approximate surface area is 137 Å². The Bertz CT molecular complexity index is 762. The summed E-state index contributed by atoms with van der Waals surface area (Å²) in [5.41, 5.74) is 3.57. The van der Waals surface area contributed by atoms with Crippen molar-refractivity contribution in [3.8, 4) is 5.75 Å². The van der Waals surface area contributed by atoms with Gasteiger partial charge in [0.25, 0.3) is 0 Å². The Kier molecular flexibility index (Phi) is 4.53. The zero-order valence-electron chi connectivity index (χ0n) is 13.8. The van der Waals surface area contributed by atoms with Crippen LogP contribution in [0.2, 0.25) is 0 Å². The SMILES string of the molecule is COc1ccc(C(CNc2ccc3[nH]ccc3c2)N(C)C)cc1. The average molecular weight is 309 g/mol. The summed E-state index contributed by atoms with van der Waals surface area (Å²) in [5, 5.41) is 4.77. The lowest BCUT2D eigenvalue weighted by Crippen LogP contribution is -2.26. The fourth-order valence-corrected chi connectivity index (χ4v) is 2.80. The molecule has 0 radical (unpaired) electrons. The van der Waals surface area contributed by atoms with E-state index in [0.717, 1.165) is 23.5 Å². The van der Waals surface area contributed by atoms with Crippen LogP contribution in [-0.4, -0.2) is 37.6 Å². The predicted octanol–water partition coefficient (Wildman–Crippen LogP) is 3.89. The molecule has 2 N–H and O–H groups in total. The lowest BCUT2D eigenvalue weighted by Gasteiger charge is -2.25. The van der Waals surface area contributed by atoms with E-state index in [4.69, 9.17) is 4.74 Å². The Hall–Kier alpha value is -2.46. The van der Waals surface area contributed by atoms with Crippen LogP contribution in [0.4, 0.5) is 5.69 Å². The van der Waals surface area contributed by atoms with Gasteiger partial charge in [0.15, 0.2) is 0 Å². The normalized spacial score (nSPS) is 12.5. The van der Waals surface area contributed by atoms with Crippen LogP contribution < -0.4 is 10.1 Å². The fourth-order valence-electron chi connectivity index (χ4n) is 2.80. The molecule has 0 saturated carbocycles. The Balaban J connectivity index is 1.73. The molecule has 1 aromatic heterocycles. The van der Waals surface area contributed by atoms with Crippen LogP contribution in [0.1, 0.15) is 11.6 Å². The topological polar surface area (TPSA) is 40.3 Å². The van der Waals surface area contributed by atoms with Gasteiger partial charge in [-0.3, -0.25) is 0 Å². The maximum absolute atomic E-state index is 5.24. The molecule has 0 fully saturated rings. The van der Waals surface area contributed by atoms with E-state index in [0.29, 0.717) is 6.04 Å². The van der Waals surface area contributed by atoms with Crippen LogP contribution in [0.15, 0.2) is 54.7 Å². The molecule has 3 rings (SSSR count). The number of benzene rings is 2. The highest BCUT2D eigenvalue weighted by molar-refractivity contribution is 5.82. The number of aromatic nitrogens is 1. The Morgan fingerprint density at radius 2 is 1.87 bits per heavy atom. The summed E-state index contributed by atoms with van der Waals surface area (Å²) >= 11 is 0. The monoisotopic (exact) mass is 309 g/mol. The first kappa shape index (κ1) is 15.4. The molecular formula is C19H23N3O. The van der Waals surface area contributed by atoms with Crippen LogP contribution in [0.5, 0.6) is 5.75 Å². The van der Waals surface area contributed by atoms with Crippen molar-refractivity contribution in [2.75, 3.05) is 33.1 Å². The van der Waals surface area contributed by atoms with Gasteiger partial charge in [-0.1, -0.05) is 12.1 Å². The number of fused-ring (bicyclic) bond motifs is 1. The molecule has 4 heteroatoms. The fraction of sp³-hybridized carbons (Fsp3) is 0.263. The number of methoxy groups -OCH3 is 1. The van der Waals surface area contributed by atoms with Crippen molar-refractivity contribution in [2.24, 2.45) is 0 Å². The van der Waals surface area contributed by atoms with Crippen LogP contribution in [0.25, 0.3) is 10.9 Å². The first-order valence-electron chi connectivity index (χ1n) is 7.79. The zero-order valence-corrected chi connectivity index (χ0v) is 13.8. The van der Waals surface area contributed by atoms with Gasteiger partial charge in [0.1, 0.15) is 5.75 Å². The largest absolute Gasteiger partial charge is 0.497 e. The summed E-state index contributed by atoms with van der Waals surface area (Å²) in [6.07, 6.45) is 1.97. The lowest BCUT2D eigenvalue weighted by atomic mass is 10.1. The molecule has 1 atom stereocenters. The molecular weight excluding hydrogens is 286 g/mol. The minimum absolute atomic E-state index is 0.294. The van der Waals surface area contributed by atoms with Gasteiger partial charge in [-0.15, -0.1) is 0 Å².